The monoisotopic (exact) mass is 360 g/mol. The molecule has 1 amide bonds. The van der Waals surface area contributed by atoms with Gasteiger partial charge in [-0.05, 0) is 24.6 Å². The first kappa shape index (κ1) is 19.2. The molecule has 0 unspecified atom stereocenters. The Morgan fingerprint density at radius 3 is 2.60 bits per heavy atom. The van der Waals surface area contributed by atoms with Gasteiger partial charge in [0, 0.05) is 50.8 Å². The molecule has 0 saturated carbocycles. The van der Waals surface area contributed by atoms with Crippen LogP contribution in [0.3, 0.4) is 0 Å². The maximum Gasteiger partial charge on any atom is 0.251 e. The average Bonchev–Trinajstić information content (AvgIpc) is 2.60. The molecule has 0 atom stereocenters. The number of hydrogen-bond donors (Lipinski definition) is 1. The smallest absolute Gasteiger partial charge is 0.251 e. The molecule has 0 spiro atoms. The number of nitrogens with zero attached hydrogens (tertiary/aromatic N) is 3. The van der Waals surface area contributed by atoms with Gasteiger partial charge in [0.05, 0.1) is 6.61 Å². The van der Waals surface area contributed by atoms with E-state index in [9.17, 15) is 4.79 Å². The van der Waals surface area contributed by atoms with Gasteiger partial charge >= 0.3 is 0 Å². The van der Waals surface area contributed by atoms with Gasteiger partial charge in [0.1, 0.15) is 5.82 Å². The number of benzene rings is 1. The van der Waals surface area contributed by atoms with Gasteiger partial charge in [-0.25, -0.2) is 9.97 Å². The van der Waals surface area contributed by atoms with Gasteiger partial charge in [0.2, 0.25) is 0 Å². The molecule has 1 N–H and O–H groups in total. The quantitative estimate of drug-likeness (QED) is 0.443. The van der Waals surface area contributed by atoms with E-state index in [0.29, 0.717) is 18.7 Å². The Morgan fingerprint density at radius 1 is 1.24 bits per heavy atom. The predicted molar refractivity (Wildman–Crippen MR) is 101 cm³/mol. The molecule has 0 saturated heterocycles. The summed E-state index contributed by atoms with van der Waals surface area (Å²) in [6, 6.07) is 9.55. The number of hydrogen-bond acceptors (Lipinski definition) is 6. The number of rotatable bonds is 8. The van der Waals surface area contributed by atoms with Crippen LogP contribution in [0.5, 0.6) is 0 Å². The first-order valence-electron chi connectivity index (χ1n) is 8.01. The lowest BCUT2D eigenvalue weighted by Crippen LogP contribution is -2.26. The van der Waals surface area contributed by atoms with Crippen molar-refractivity contribution in [3.8, 4) is 0 Å². The summed E-state index contributed by atoms with van der Waals surface area (Å²) in [5.74, 6) is 1.56. The lowest BCUT2D eigenvalue weighted by Gasteiger charge is -2.12. The molecule has 2 aromatic rings. The second kappa shape index (κ2) is 9.39. The Morgan fingerprint density at radius 2 is 1.96 bits per heavy atom. The third-order valence-electron chi connectivity index (χ3n) is 3.45. The first-order chi connectivity index (χ1) is 12.0. The van der Waals surface area contributed by atoms with E-state index in [2.05, 4.69) is 15.3 Å². The summed E-state index contributed by atoms with van der Waals surface area (Å²) in [6.07, 6.45) is 0. The minimum Gasteiger partial charge on any atom is -0.383 e. The largest absolute Gasteiger partial charge is 0.383 e. The van der Waals surface area contributed by atoms with Crippen molar-refractivity contribution < 1.29 is 9.53 Å². The second-order valence-electron chi connectivity index (χ2n) is 5.78. The van der Waals surface area contributed by atoms with Crippen LogP contribution >= 0.6 is 11.8 Å². The Balaban J connectivity index is 1.94. The van der Waals surface area contributed by atoms with Crippen LogP contribution in [0, 0.1) is 6.92 Å². The molecule has 0 aliphatic heterocycles. The SMILES string of the molecule is COCCNC(=O)c1ccc(CSc2nc(C)cc(N(C)C)n2)cc1. The van der Waals surface area contributed by atoms with E-state index < -0.39 is 0 Å². The normalized spacial score (nSPS) is 10.6. The number of aryl methyl sites for hydroxylation is 1. The fourth-order valence-corrected chi connectivity index (χ4v) is 2.94. The summed E-state index contributed by atoms with van der Waals surface area (Å²) >= 11 is 1.58. The predicted octanol–water partition coefficient (Wildman–Crippen LogP) is 2.52. The number of nitrogens with one attached hydrogen (secondary N) is 1. The van der Waals surface area contributed by atoms with Gasteiger partial charge in [-0.15, -0.1) is 0 Å². The van der Waals surface area contributed by atoms with Crippen molar-refractivity contribution in [2.24, 2.45) is 0 Å². The molecule has 1 aromatic heterocycles. The topological polar surface area (TPSA) is 67.3 Å². The highest BCUT2D eigenvalue weighted by Crippen LogP contribution is 2.22. The van der Waals surface area contributed by atoms with E-state index >= 15 is 0 Å². The van der Waals surface area contributed by atoms with Gasteiger partial charge in [0.15, 0.2) is 5.16 Å². The average molecular weight is 360 g/mol. The van der Waals surface area contributed by atoms with Gasteiger partial charge < -0.3 is 15.0 Å². The molecule has 7 heteroatoms. The highest BCUT2D eigenvalue weighted by molar-refractivity contribution is 7.98. The van der Waals surface area contributed by atoms with Crippen LogP contribution in [0.2, 0.25) is 0 Å². The Bertz CT molecular complexity index is 705. The third kappa shape index (κ3) is 6.03. The van der Waals surface area contributed by atoms with Gasteiger partial charge in [0.25, 0.3) is 5.91 Å². The number of ether oxygens (including phenoxy) is 1. The van der Waals surface area contributed by atoms with E-state index in [0.717, 1.165) is 28.0 Å². The van der Waals surface area contributed by atoms with Crippen LogP contribution in [-0.4, -0.2) is 50.2 Å². The number of amides is 1. The van der Waals surface area contributed by atoms with E-state index in [1.54, 1.807) is 18.9 Å². The molecule has 25 heavy (non-hydrogen) atoms. The molecule has 1 aromatic carbocycles. The molecule has 0 aliphatic rings. The van der Waals surface area contributed by atoms with Crippen molar-refractivity contribution in [1.82, 2.24) is 15.3 Å². The summed E-state index contributed by atoms with van der Waals surface area (Å²) in [5, 5.41) is 3.56. The summed E-state index contributed by atoms with van der Waals surface area (Å²) in [7, 11) is 5.54. The Kier molecular flexibility index (Phi) is 7.21. The molecule has 134 valence electrons. The minimum atomic E-state index is -0.0890. The zero-order chi connectivity index (χ0) is 18.2. The lowest BCUT2D eigenvalue weighted by atomic mass is 10.1. The van der Waals surface area contributed by atoms with Crippen molar-refractivity contribution in [2.75, 3.05) is 39.3 Å². The number of carbonyl (C=O) groups is 1. The van der Waals surface area contributed by atoms with Gasteiger partial charge in [-0.3, -0.25) is 4.79 Å². The third-order valence-corrected chi connectivity index (χ3v) is 4.37. The van der Waals surface area contributed by atoms with E-state index in [4.69, 9.17) is 4.74 Å². The maximum absolute atomic E-state index is 12.0. The van der Waals surface area contributed by atoms with Crippen LogP contribution in [0.1, 0.15) is 21.6 Å². The molecule has 0 radical (unpaired) electrons. The molecule has 1 heterocycles. The highest BCUT2D eigenvalue weighted by atomic mass is 32.2. The van der Waals surface area contributed by atoms with E-state index in [1.807, 2.05) is 56.3 Å². The van der Waals surface area contributed by atoms with Crippen LogP contribution in [0.25, 0.3) is 0 Å². The second-order valence-corrected chi connectivity index (χ2v) is 6.72. The molecular formula is C18H24N4O2S. The molecule has 2 rings (SSSR count). The minimum absolute atomic E-state index is 0.0890. The van der Waals surface area contributed by atoms with Crippen molar-refractivity contribution in [3.05, 3.63) is 47.2 Å². The molecule has 6 nitrogen and oxygen atoms in total. The van der Waals surface area contributed by atoms with E-state index in [-0.39, 0.29) is 5.91 Å². The van der Waals surface area contributed by atoms with Crippen LogP contribution in [0.4, 0.5) is 5.82 Å². The number of carbonyl (C=O) groups excluding carboxylic acids is 1. The fourth-order valence-electron chi connectivity index (χ4n) is 2.09. The molecular weight excluding hydrogens is 336 g/mol. The summed E-state index contributed by atoms with van der Waals surface area (Å²) < 4.78 is 4.92. The van der Waals surface area contributed by atoms with Crippen molar-refractivity contribution in [3.63, 3.8) is 0 Å². The Labute approximate surface area is 153 Å². The first-order valence-corrected chi connectivity index (χ1v) is 9.00. The van der Waals surface area contributed by atoms with Crippen molar-refractivity contribution in [1.29, 1.82) is 0 Å². The molecule has 0 aliphatic carbocycles. The van der Waals surface area contributed by atoms with E-state index in [1.165, 1.54) is 0 Å². The number of thioether (sulfide) groups is 1. The molecule has 0 bridgehead atoms. The number of aromatic nitrogens is 2. The maximum atomic E-state index is 12.0. The number of anilines is 1. The van der Waals surface area contributed by atoms with Crippen molar-refractivity contribution in [2.45, 2.75) is 17.8 Å². The van der Waals surface area contributed by atoms with Crippen LogP contribution in [-0.2, 0) is 10.5 Å². The fraction of sp³-hybridized carbons (Fsp3) is 0.389. The van der Waals surface area contributed by atoms with Crippen LogP contribution in [0.15, 0.2) is 35.5 Å². The van der Waals surface area contributed by atoms with Gasteiger partial charge in [-0.2, -0.15) is 0 Å². The summed E-state index contributed by atoms with van der Waals surface area (Å²) in [5.41, 5.74) is 2.71. The summed E-state index contributed by atoms with van der Waals surface area (Å²) in [6.45, 7) is 2.98. The number of methoxy groups -OCH3 is 1. The van der Waals surface area contributed by atoms with Crippen molar-refractivity contribution >= 4 is 23.5 Å². The van der Waals surface area contributed by atoms with Crippen LogP contribution < -0.4 is 10.2 Å². The lowest BCUT2D eigenvalue weighted by molar-refractivity contribution is 0.0937. The Hall–Kier alpha value is -2.12. The standard InChI is InChI=1S/C18H24N4O2S/c1-13-11-16(22(2)3)21-18(20-13)25-12-14-5-7-15(8-6-14)17(23)19-9-10-24-4/h5-8,11H,9-10,12H2,1-4H3,(H,19,23). The zero-order valence-corrected chi connectivity index (χ0v) is 15.9. The molecule has 0 fully saturated rings. The highest BCUT2D eigenvalue weighted by Gasteiger charge is 2.07. The van der Waals surface area contributed by atoms with Gasteiger partial charge in [-0.1, -0.05) is 23.9 Å². The summed E-state index contributed by atoms with van der Waals surface area (Å²) in [4.78, 5) is 22.9. The zero-order valence-electron chi connectivity index (χ0n) is 15.1.